The van der Waals surface area contributed by atoms with Crippen LogP contribution in [0.1, 0.15) is 10.4 Å². The lowest BCUT2D eigenvalue weighted by atomic mass is 10.0. The third kappa shape index (κ3) is 3.44. The fourth-order valence-corrected chi connectivity index (χ4v) is 5.69. The molecule has 27 heavy (non-hydrogen) atoms. The number of carbonyl (C=O) groups is 1. The molecule has 0 bridgehead atoms. The molecule has 4 rings (SSSR count). The van der Waals surface area contributed by atoms with Crippen molar-refractivity contribution in [3.8, 4) is 16.9 Å². The van der Waals surface area contributed by atoms with Crippen LogP contribution in [0.15, 0.2) is 48.5 Å². The van der Waals surface area contributed by atoms with Crippen LogP contribution in [-0.2, 0) is 14.6 Å². The smallest absolute Gasteiger partial charge is 0.254 e. The van der Waals surface area contributed by atoms with Crippen LogP contribution in [0.25, 0.3) is 11.1 Å². The highest BCUT2D eigenvalue weighted by molar-refractivity contribution is 7.91. The van der Waals surface area contributed by atoms with Gasteiger partial charge in [-0.25, -0.2) is 8.42 Å². The normalized spacial score (nSPS) is 23.7. The molecule has 2 aliphatic rings. The molecule has 2 aromatic rings. The van der Waals surface area contributed by atoms with Gasteiger partial charge in [0.2, 0.25) is 0 Å². The quantitative estimate of drug-likeness (QED) is 0.806. The van der Waals surface area contributed by atoms with Crippen LogP contribution >= 0.6 is 0 Å². The first-order valence-corrected chi connectivity index (χ1v) is 10.7. The van der Waals surface area contributed by atoms with Gasteiger partial charge in [0, 0.05) is 17.7 Å². The molecule has 6 nitrogen and oxygen atoms in total. The molecular formula is C20H21NO5S. The zero-order chi connectivity index (χ0) is 19.0. The van der Waals surface area contributed by atoms with Gasteiger partial charge >= 0.3 is 0 Å². The molecule has 0 aliphatic carbocycles. The number of sulfone groups is 1. The largest absolute Gasteiger partial charge is 0.496 e. The van der Waals surface area contributed by atoms with Gasteiger partial charge in [-0.05, 0) is 23.8 Å². The number of carbonyl (C=O) groups excluding carboxylic acids is 1. The average molecular weight is 387 g/mol. The average Bonchev–Trinajstić information content (AvgIpc) is 3.01. The molecule has 0 aromatic heterocycles. The first kappa shape index (κ1) is 18.0. The van der Waals surface area contributed by atoms with E-state index in [2.05, 4.69) is 0 Å². The zero-order valence-electron chi connectivity index (χ0n) is 15.0. The second-order valence-electron chi connectivity index (χ2n) is 6.83. The van der Waals surface area contributed by atoms with Gasteiger partial charge < -0.3 is 14.4 Å². The Bertz CT molecular complexity index is 958. The highest BCUT2D eigenvalue weighted by atomic mass is 32.2. The summed E-state index contributed by atoms with van der Waals surface area (Å²) in [4.78, 5) is 14.8. The molecule has 1 amide bonds. The van der Waals surface area contributed by atoms with E-state index in [9.17, 15) is 13.2 Å². The zero-order valence-corrected chi connectivity index (χ0v) is 15.8. The Morgan fingerprint density at radius 3 is 2.67 bits per heavy atom. The SMILES string of the molecule is COc1ccc(C(=O)N2CCOC3CS(=O)(=O)CC32)cc1-c1ccccc1. The number of hydrogen-bond donors (Lipinski definition) is 0. The van der Waals surface area contributed by atoms with E-state index in [0.717, 1.165) is 11.1 Å². The number of amides is 1. The minimum absolute atomic E-state index is 0.0146. The van der Waals surface area contributed by atoms with Crippen molar-refractivity contribution in [3.05, 3.63) is 54.1 Å². The maximum Gasteiger partial charge on any atom is 0.254 e. The summed E-state index contributed by atoms with van der Waals surface area (Å²) in [6.07, 6.45) is -0.431. The second kappa shape index (κ2) is 6.98. The number of morpholine rings is 1. The van der Waals surface area contributed by atoms with Crippen molar-refractivity contribution in [2.75, 3.05) is 31.8 Å². The van der Waals surface area contributed by atoms with Crippen LogP contribution in [0.5, 0.6) is 5.75 Å². The first-order chi connectivity index (χ1) is 13.0. The van der Waals surface area contributed by atoms with Crippen LogP contribution < -0.4 is 4.74 Å². The van der Waals surface area contributed by atoms with E-state index in [1.807, 2.05) is 36.4 Å². The molecule has 2 atom stereocenters. The lowest BCUT2D eigenvalue weighted by Crippen LogP contribution is -2.53. The van der Waals surface area contributed by atoms with Crippen molar-refractivity contribution >= 4 is 15.7 Å². The van der Waals surface area contributed by atoms with Crippen LogP contribution in [0, 0.1) is 0 Å². The molecule has 7 heteroatoms. The Balaban J connectivity index is 1.68. The van der Waals surface area contributed by atoms with E-state index in [0.29, 0.717) is 24.5 Å². The lowest BCUT2D eigenvalue weighted by molar-refractivity contribution is -0.0361. The molecule has 2 unspecified atom stereocenters. The van der Waals surface area contributed by atoms with Gasteiger partial charge in [-0.2, -0.15) is 0 Å². The fourth-order valence-electron chi connectivity index (χ4n) is 3.82. The Morgan fingerprint density at radius 1 is 1.15 bits per heavy atom. The van der Waals surface area contributed by atoms with Gasteiger partial charge in [-0.1, -0.05) is 30.3 Å². The fraction of sp³-hybridized carbons (Fsp3) is 0.350. The standard InChI is InChI=1S/C20H21NO5S/c1-25-18-8-7-15(11-16(18)14-5-3-2-4-6-14)20(22)21-9-10-26-19-13-27(23,24)12-17(19)21/h2-8,11,17,19H,9-10,12-13H2,1H3. The molecule has 2 saturated heterocycles. The predicted molar refractivity (Wildman–Crippen MR) is 102 cm³/mol. The molecule has 0 spiro atoms. The maximum atomic E-state index is 13.2. The number of nitrogens with zero attached hydrogens (tertiary/aromatic N) is 1. The van der Waals surface area contributed by atoms with E-state index in [-0.39, 0.29) is 17.4 Å². The Labute approximate surface area is 158 Å². The predicted octanol–water partition coefficient (Wildman–Crippen LogP) is 2.00. The molecule has 0 radical (unpaired) electrons. The van der Waals surface area contributed by atoms with Gasteiger partial charge in [0.25, 0.3) is 5.91 Å². The Kier molecular flexibility index (Phi) is 4.65. The number of ether oxygens (including phenoxy) is 2. The lowest BCUT2D eigenvalue weighted by Gasteiger charge is -2.36. The molecule has 2 heterocycles. The molecular weight excluding hydrogens is 366 g/mol. The third-order valence-electron chi connectivity index (χ3n) is 5.13. The van der Waals surface area contributed by atoms with Crippen LogP contribution in [-0.4, -0.2) is 63.1 Å². The van der Waals surface area contributed by atoms with Crippen LogP contribution in [0.4, 0.5) is 0 Å². The van der Waals surface area contributed by atoms with Crippen molar-refractivity contribution in [1.29, 1.82) is 0 Å². The highest BCUT2D eigenvalue weighted by Gasteiger charge is 2.45. The van der Waals surface area contributed by atoms with Gasteiger partial charge in [0.05, 0.1) is 37.4 Å². The van der Waals surface area contributed by atoms with Gasteiger partial charge in [0.1, 0.15) is 5.75 Å². The van der Waals surface area contributed by atoms with Crippen molar-refractivity contribution in [1.82, 2.24) is 4.90 Å². The maximum absolute atomic E-state index is 13.2. The minimum atomic E-state index is -3.18. The van der Waals surface area contributed by atoms with E-state index in [4.69, 9.17) is 9.47 Å². The molecule has 142 valence electrons. The summed E-state index contributed by atoms with van der Waals surface area (Å²) in [5, 5.41) is 0. The van der Waals surface area contributed by atoms with Crippen molar-refractivity contribution in [3.63, 3.8) is 0 Å². The van der Waals surface area contributed by atoms with Crippen LogP contribution in [0.3, 0.4) is 0 Å². The first-order valence-electron chi connectivity index (χ1n) is 8.85. The third-order valence-corrected chi connectivity index (χ3v) is 6.81. The summed E-state index contributed by atoms with van der Waals surface area (Å²) < 4.78 is 35.0. The van der Waals surface area contributed by atoms with Gasteiger partial charge in [0.15, 0.2) is 9.84 Å². The molecule has 0 saturated carbocycles. The summed E-state index contributed by atoms with van der Waals surface area (Å²) in [7, 11) is -1.58. The van der Waals surface area contributed by atoms with E-state index in [1.165, 1.54) is 0 Å². The molecule has 2 aromatic carbocycles. The second-order valence-corrected chi connectivity index (χ2v) is 8.99. The summed E-state index contributed by atoms with van der Waals surface area (Å²) in [5.74, 6) is 0.455. The van der Waals surface area contributed by atoms with E-state index >= 15 is 0 Å². The number of methoxy groups -OCH3 is 1. The van der Waals surface area contributed by atoms with E-state index in [1.54, 1.807) is 24.1 Å². The summed E-state index contributed by atoms with van der Waals surface area (Å²) in [6.45, 7) is 0.742. The number of rotatable bonds is 3. The topological polar surface area (TPSA) is 72.9 Å². The molecule has 2 fully saturated rings. The minimum Gasteiger partial charge on any atom is -0.496 e. The van der Waals surface area contributed by atoms with Gasteiger partial charge in [-0.15, -0.1) is 0 Å². The van der Waals surface area contributed by atoms with Crippen molar-refractivity contribution in [2.24, 2.45) is 0 Å². The Hall–Kier alpha value is -2.38. The van der Waals surface area contributed by atoms with E-state index < -0.39 is 22.0 Å². The van der Waals surface area contributed by atoms with Crippen molar-refractivity contribution < 1.29 is 22.7 Å². The van der Waals surface area contributed by atoms with Crippen LogP contribution in [0.2, 0.25) is 0 Å². The molecule has 2 aliphatic heterocycles. The summed E-state index contributed by atoms with van der Waals surface area (Å²) in [6, 6.07) is 14.6. The summed E-state index contributed by atoms with van der Waals surface area (Å²) >= 11 is 0. The monoisotopic (exact) mass is 387 g/mol. The number of hydrogen-bond acceptors (Lipinski definition) is 5. The highest BCUT2D eigenvalue weighted by Crippen LogP contribution is 2.32. The Morgan fingerprint density at radius 2 is 1.93 bits per heavy atom. The molecule has 0 N–H and O–H groups in total. The summed E-state index contributed by atoms with van der Waals surface area (Å²) in [5.41, 5.74) is 2.29. The van der Waals surface area contributed by atoms with Gasteiger partial charge in [-0.3, -0.25) is 4.79 Å². The van der Waals surface area contributed by atoms with Crippen molar-refractivity contribution in [2.45, 2.75) is 12.1 Å². The number of fused-ring (bicyclic) bond motifs is 1. The number of benzene rings is 2.